The number of ether oxygens (including phenoxy) is 6. The molecule has 6 aliphatic rings. The molecular formula is C41H70O15. The van der Waals surface area contributed by atoms with E-state index in [4.69, 9.17) is 28.4 Å². The molecule has 4 aliphatic carbocycles. The normalized spacial score (nSPS) is 50.1. The van der Waals surface area contributed by atoms with Crippen LogP contribution in [0.3, 0.4) is 0 Å². The minimum Gasteiger partial charge on any atom is -0.390 e. The minimum atomic E-state index is -1.72. The van der Waals surface area contributed by atoms with Crippen molar-refractivity contribution in [3.05, 3.63) is 11.1 Å². The van der Waals surface area contributed by atoms with Gasteiger partial charge in [-0.15, -0.1) is 0 Å². The Hall–Kier alpha value is -0.860. The molecular weight excluding hydrogens is 732 g/mol. The molecule has 0 aromatic rings. The molecule has 21 atom stereocenters. The number of rotatable bonds is 13. The zero-order valence-electron chi connectivity index (χ0n) is 34.1. The smallest absolute Gasteiger partial charge is 0.187 e. The van der Waals surface area contributed by atoms with Gasteiger partial charge in [-0.25, -0.2) is 0 Å². The maximum Gasteiger partial charge on any atom is 0.187 e. The molecule has 0 aromatic carbocycles. The molecule has 0 aromatic heterocycles. The average Bonchev–Trinajstić information content (AvgIpc) is 3.44. The Balaban J connectivity index is 1.33. The van der Waals surface area contributed by atoms with Crippen LogP contribution in [0.1, 0.15) is 86.0 Å². The van der Waals surface area contributed by atoms with Crippen LogP contribution in [0.5, 0.6) is 0 Å². The summed E-state index contributed by atoms with van der Waals surface area (Å²) in [4.78, 5) is 0. The van der Waals surface area contributed by atoms with Gasteiger partial charge in [0.1, 0.15) is 54.9 Å². The lowest BCUT2D eigenvalue weighted by Gasteiger charge is -2.60. The van der Waals surface area contributed by atoms with Crippen molar-refractivity contribution in [2.75, 3.05) is 27.4 Å². The molecule has 324 valence electrons. The Morgan fingerprint density at radius 3 is 1.95 bits per heavy atom. The summed E-state index contributed by atoms with van der Waals surface area (Å²) in [5.41, 5.74) is 0.826. The third-order valence-electron chi connectivity index (χ3n) is 14.8. The van der Waals surface area contributed by atoms with Crippen molar-refractivity contribution in [1.82, 2.24) is 0 Å². The van der Waals surface area contributed by atoms with Crippen molar-refractivity contribution in [2.24, 2.45) is 40.4 Å². The van der Waals surface area contributed by atoms with E-state index in [1.54, 1.807) is 0 Å². The molecule has 0 bridgehead atoms. The van der Waals surface area contributed by atoms with Crippen LogP contribution in [0, 0.1) is 40.4 Å². The van der Waals surface area contributed by atoms with Crippen molar-refractivity contribution in [1.29, 1.82) is 0 Å². The highest BCUT2D eigenvalue weighted by atomic mass is 16.7. The van der Waals surface area contributed by atoms with Gasteiger partial charge in [0.15, 0.2) is 12.6 Å². The van der Waals surface area contributed by atoms with Gasteiger partial charge in [-0.3, -0.25) is 0 Å². The summed E-state index contributed by atoms with van der Waals surface area (Å²) in [5.74, 6) is -0.230. The Morgan fingerprint density at radius 1 is 0.696 bits per heavy atom. The maximum atomic E-state index is 12.0. The molecule has 6 rings (SSSR count). The van der Waals surface area contributed by atoms with Crippen LogP contribution >= 0.6 is 0 Å². The molecule has 0 unspecified atom stereocenters. The van der Waals surface area contributed by atoms with Gasteiger partial charge in [0.05, 0.1) is 37.6 Å². The molecule has 2 heterocycles. The first-order valence-corrected chi connectivity index (χ1v) is 20.9. The highest BCUT2D eigenvalue weighted by Gasteiger charge is 2.64. The van der Waals surface area contributed by atoms with E-state index in [-0.39, 0.29) is 31.0 Å². The fraction of sp³-hybridized carbons (Fsp3) is 0.951. The quantitative estimate of drug-likeness (QED) is 0.115. The van der Waals surface area contributed by atoms with Gasteiger partial charge < -0.3 is 74.4 Å². The van der Waals surface area contributed by atoms with Crippen molar-refractivity contribution in [3.8, 4) is 0 Å². The molecule has 3 saturated carbocycles. The summed E-state index contributed by atoms with van der Waals surface area (Å²) in [6, 6.07) is 0. The van der Waals surface area contributed by atoms with Crippen molar-refractivity contribution in [2.45, 2.75) is 178 Å². The van der Waals surface area contributed by atoms with E-state index in [9.17, 15) is 46.0 Å². The summed E-state index contributed by atoms with van der Waals surface area (Å²) >= 11 is 0. The third kappa shape index (κ3) is 7.91. The van der Waals surface area contributed by atoms with E-state index >= 15 is 0 Å². The first kappa shape index (κ1) is 44.7. The van der Waals surface area contributed by atoms with Gasteiger partial charge in [-0.2, -0.15) is 0 Å². The monoisotopic (exact) mass is 802 g/mol. The topological polar surface area (TPSA) is 237 Å². The van der Waals surface area contributed by atoms with Crippen molar-refractivity contribution >= 4 is 0 Å². The van der Waals surface area contributed by atoms with Crippen LogP contribution in [-0.4, -0.2) is 165 Å². The second-order valence-electron chi connectivity index (χ2n) is 18.8. The van der Waals surface area contributed by atoms with Gasteiger partial charge in [0.25, 0.3) is 0 Å². The standard InChI is InChI=1S/C41H70O15/c1-18(2)9-8-10-19(3)27-23(15-21-26-20(11-13-41(21,27)5)40(4)14-12-22(42)29(43)28(40)33(47)32(26)46)53-39-36(50)37(31(45)25(55-39)17-52-7)56-38-35(49)34(48)30(44)24(54-38)16-51-6/h18-20,22-25,27-39,42-50H,8-17H2,1-7H3/t19-,20+,22+,23-,24-,25-,27+,28-,29+,30+,31+,32-,33+,34+,35-,36-,37+,38+,39-,40-,41+/m1/s1. The highest BCUT2D eigenvalue weighted by molar-refractivity contribution is 5.40. The molecule has 15 nitrogen and oxygen atoms in total. The van der Waals surface area contributed by atoms with Gasteiger partial charge in [0.2, 0.25) is 0 Å². The minimum absolute atomic E-state index is 0.0892. The van der Waals surface area contributed by atoms with Crippen LogP contribution in [0.15, 0.2) is 11.1 Å². The maximum absolute atomic E-state index is 12.0. The number of aliphatic hydroxyl groups is 9. The summed E-state index contributed by atoms with van der Waals surface area (Å²) < 4.78 is 35.4. The van der Waals surface area contributed by atoms with Crippen molar-refractivity contribution < 1.29 is 74.4 Å². The Bertz CT molecular complexity index is 1350. The number of hydrogen-bond acceptors (Lipinski definition) is 15. The summed E-state index contributed by atoms with van der Waals surface area (Å²) in [7, 11) is 2.83. The second-order valence-corrected chi connectivity index (χ2v) is 18.8. The van der Waals surface area contributed by atoms with E-state index in [1.165, 1.54) is 14.2 Å². The van der Waals surface area contributed by atoms with Crippen LogP contribution in [0.25, 0.3) is 0 Å². The lowest BCUT2D eigenvalue weighted by atomic mass is 9.47. The van der Waals surface area contributed by atoms with E-state index in [0.717, 1.165) is 43.3 Å². The zero-order chi connectivity index (χ0) is 41.0. The summed E-state index contributed by atoms with van der Waals surface area (Å²) in [6.45, 7) is 10.7. The van der Waals surface area contributed by atoms with Gasteiger partial charge in [0, 0.05) is 20.1 Å². The van der Waals surface area contributed by atoms with Crippen LogP contribution in [-0.2, 0) is 28.4 Å². The SMILES string of the molecule is COC[C@H]1O[C@@H](O[C@H]2[C@@H](O)[C@@H](COC)O[C@@H](O[C@@H]3CC4=C5[C@@H](O)[C@@H](O)[C@H]6[C@@H](O)[C@@H](O)CC[C@]6(C)[C@H]5CC[C@]4(C)[C@H]3[C@H](C)CCCC(C)C)[C@@H]2O)[C@H](O)[C@@H](O)[C@H]1O. The molecule has 15 heteroatoms. The summed E-state index contributed by atoms with van der Waals surface area (Å²) in [5, 5.41) is 101. The molecule has 2 saturated heterocycles. The number of methoxy groups -OCH3 is 2. The van der Waals surface area contributed by atoms with Gasteiger partial charge in [-0.1, -0.05) is 59.5 Å². The van der Waals surface area contributed by atoms with E-state index < -0.39 is 109 Å². The summed E-state index contributed by atoms with van der Waals surface area (Å²) in [6.07, 6.45) is -13.6. The number of hydrogen-bond donors (Lipinski definition) is 9. The molecule has 0 radical (unpaired) electrons. The molecule has 2 aliphatic heterocycles. The second kappa shape index (κ2) is 17.6. The Kier molecular flexibility index (Phi) is 14.1. The highest BCUT2D eigenvalue weighted by Crippen LogP contribution is 2.66. The lowest BCUT2D eigenvalue weighted by molar-refractivity contribution is -0.365. The van der Waals surface area contributed by atoms with Gasteiger partial charge >= 0.3 is 0 Å². The van der Waals surface area contributed by atoms with E-state index in [1.807, 2.05) is 0 Å². The predicted molar refractivity (Wildman–Crippen MR) is 200 cm³/mol. The van der Waals surface area contributed by atoms with Crippen molar-refractivity contribution in [3.63, 3.8) is 0 Å². The van der Waals surface area contributed by atoms with E-state index in [0.29, 0.717) is 25.2 Å². The zero-order valence-corrected chi connectivity index (χ0v) is 34.1. The molecule has 9 N–H and O–H groups in total. The Morgan fingerprint density at radius 2 is 1.32 bits per heavy atom. The predicted octanol–water partition coefficient (Wildman–Crippen LogP) is 0.373. The van der Waals surface area contributed by atoms with Crippen LogP contribution < -0.4 is 0 Å². The fourth-order valence-corrected chi connectivity index (χ4v) is 11.9. The van der Waals surface area contributed by atoms with Gasteiger partial charge in [-0.05, 0) is 72.2 Å². The number of fused-ring (bicyclic) bond motifs is 4. The first-order chi connectivity index (χ1) is 26.4. The molecule has 0 amide bonds. The van der Waals surface area contributed by atoms with E-state index in [2.05, 4.69) is 34.6 Å². The largest absolute Gasteiger partial charge is 0.390 e. The average molecular weight is 803 g/mol. The van der Waals surface area contributed by atoms with Crippen LogP contribution in [0.4, 0.5) is 0 Å². The molecule has 0 spiro atoms. The molecule has 56 heavy (non-hydrogen) atoms. The first-order valence-electron chi connectivity index (χ1n) is 20.9. The third-order valence-corrected chi connectivity index (χ3v) is 14.8. The lowest BCUT2D eigenvalue weighted by Crippen LogP contribution is -2.65. The Labute approximate surface area is 330 Å². The van der Waals surface area contributed by atoms with Crippen LogP contribution in [0.2, 0.25) is 0 Å². The number of aliphatic hydroxyl groups excluding tert-OH is 9. The fourth-order valence-electron chi connectivity index (χ4n) is 11.9. The molecule has 5 fully saturated rings.